The summed E-state index contributed by atoms with van der Waals surface area (Å²) in [7, 11) is 0. The summed E-state index contributed by atoms with van der Waals surface area (Å²) in [6, 6.07) is 2.12. The van der Waals surface area contributed by atoms with Gasteiger partial charge < -0.3 is 0 Å². The molecule has 1 aromatic heterocycles. The van der Waals surface area contributed by atoms with Gasteiger partial charge in [0.1, 0.15) is 0 Å². The first kappa shape index (κ1) is 14.9. The van der Waals surface area contributed by atoms with E-state index in [2.05, 4.69) is 0 Å². The lowest BCUT2D eigenvalue weighted by atomic mass is 9.98. The molecule has 0 saturated carbocycles. The summed E-state index contributed by atoms with van der Waals surface area (Å²) in [5.74, 6) is 0. The molecule has 0 spiro atoms. The van der Waals surface area contributed by atoms with Gasteiger partial charge in [-0.15, -0.1) is 0 Å². The first-order chi connectivity index (χ1) is 9.71. The fraction of sp³-hybridized carbons (Fsp3) is 0.0909. The van der Waals surface area contributed by atoms with Crippen molar-refractivity contribution >= 4 is 22.7 Å². The average molecular weight is 318 g/mol. The molecular formula is C11H5F3N2O4S. The Morgan fingerprint density at radius 1 is 1.10 bits per heavy atom. The molecule has 0 atom stereocenters. The van der Waals surface area contributed by atoms with Gasteiger partial charge >= 0.3 is 6.18 Å². The number of thiophene rings is 1. The number of alkyl halides is 3. The molecule has 1 heterocycles. The molecule has 21 heavy (non-hydrogen) atoms. The van der Waals surface area contributed by atoms with Crippen LogP contribution in [-0.4, -0.2) is 9.85 Å². The maximum atomic E-state index is 13.1. The van der Waals surface area contributed by atoms with Crippen LogP contribution in [0.15, 0.2) is 29.0 Å². The Morgan fingerprint density at radius 2 is 1.76 bits per heavy atom. The molecule has 2 aromatic rings. The van der Waals surface area contributed by atoms with Gasteiger partial charge in [0.05, 0.1) is 27.0 Å². The summed E-state index contributed by atoms with van der Waals surface area (Å²) in [5, 5.41) is 24.4. The second-order valence-electron chi connectivity index (χ2n) is 3.91. The van der Waals surface area contributed by atoms with E-state index >= 15 is 0 Å². The van der Waals surface area contributed by atoms with Crippen LogP contribution in [0.4, 0.5) is 24.5 Å². The molecule has 0 unspecified atom stereocenters. The SMILES string of the molecule is O=[N+]([O-])c1cc([N+](=O)[O-])c(-c2ccsc2)c(C(F)(F)F)c1. The monoisotopic (exact) mass is 318 g/mol. The van der Waals surface area contributed by atoms with E-state index in [9.17, 15) is 33.4 Å². The van der Waals surface area contributed by atoms with E-state index in [0.717, 1.165) is 11.3 Å². The van der Waals surface area contributed by atoms with Gasteiger partial charge in [-0.3, -0.25) is 20.2 Å². The molecule has 110 valence electrons. The number of halogens is 3. The molecule has 0 aliphatic rings. The quantitative estimate of drug-likeness (QED) is 0.625. The third-order valence-corrected chi connectivity index (χ3v) is 3.31. The van der Waals surface area contributed by atoms with Gasteiger partial charge in [-0.1, -0.05) is 0 Å². The standard InChI is InChI=1S/C11H5F3N2O4S/c12-11(13,14)8-3-7(15(17)18)4-9(16(19)20)10(8)6-1-2-21-5-6/h1-5H. The minimum Gasteiger partial charge on any atom is -0.258 e. The van der Waals surface area contributed by atoms with Gasteiger partial charge in [0, 0.05) is 6.07 Å². The van der Waals surface area contributed by atoms with Crippen molar-refractivity contribution in [1.29, 1.82) is 0 Å². The van der Waals surface area contributed by atoms with Gasteiger partial charge in [-0.2, -0.15) is 24.5 Å². The Balaban J connectivity index is 2.88. The molecular weight excluding hydrogens is 313 g/mol. The number of hydrogen-bond acceptors (Lipinski definition) is 5. The molecule has 0 fully saturated rings. The number of nitro groups is 2. The van der Waals surface area contributed by atoms with Crippen molar-refractivity contribution in [1.82, 2.24) is 0 Å². The van der Waals surface area contributed by atoms with Crippen molar-refractivity contribution in [2.75, 3.05) is 0 Å². The molecule has 6 nitrogen and oxygen atoms in total. The molecule has 0 bridgehead atoms. The van der Waals surface area contributed by atoms with Crippen LogP contribution in [0.5, 0.6) is 0 Å². The van der Waals surface area contributed by atoms with Crippen LogP contribution in [0.25, 0.3) is 11.1 Å². The Hall–Kier alpha value is -2.49. The Bertz CT molecular complexity index is 713. The molecule has 0 aliphatic carbocycles. The van der Waals surface area contributed by atoms with Gasteiger partial charge in [0.25, 0.3) is 11.4 Å². The highest BCUT2D eigenvalue weighted by Crippen LogP contribution is 2.44. The van der Waals surface area contributed by atoms with E-state index in [4.69, 9.17) is 0 Å². The van der Waals surface area contributed by atoms with Gasteiger partial charge in [0.15, 0.2) is 0 Å². The number of benzene rings is 1. The highest BCUT2D eigenvalue weighted by Gasteiger charge is 2.39. The average Bonchev–Trinajstić information content (AvgIpc) is 2.89. The first-order valence-corrected chi connectivity index (χ1v) is 6.22. The van der Waals surface area contributed by atoms with Gasteiger partial charge in [-0.05, 0) is 22.4 Å². The van der Waals surface area contributed by atoms with Crippen molar-refractivity contribution in [3.05, 3.63) is 54.8 Å². The summed E-state index contributed by atoms with van der Waals surface area (Å²) in [4.78, 5) is 19.5. The lowest BCUT2D eigenvalue weighted by molar-refractivity contribution is -0.394. The molecule has 0 radical (unpaired) electrons. The van der Waals surface area contributed by atoms with Crippen LogP contribution in [0.2, 0.25) is 0 Å². The zero-order chi connectivity index (χ0) is 15.8. The smallest absolute Gasteiger partial charge is 0.258 e. The summed E-state index contributed by atoms with van der Waals surface area (Å²) in [5.41, 5.74) is -4.00. The van der Waals surface area contributed by atoms with Gasteiger partial charge in [0.2, 0.25) is 0 Å². The van der Waals surface area contributed by atoms with E-state index < -0.39 is 38.5 Å². The van der Waals surface area contributed by atoms with Crippen molar-refractivity contribution in [3.63, 3.8) is 0 Å². The molecule has 0 N–H and O–H groups in total. The normalized spacial score (nSPS) is 11.4. The molecule has 1 aromatic carbocycles. The van der Waals surface area contributed by atoms with E-state index in [-0.39, 0.29) is 5.56 Å². The predicted molar refractivity (Wildman–Crippen MR) is 68.1 cm³/mol. The van der Waals surface area contributed by atoms with E-state index in [1.165, 1.54) is 16.8 Å². The molecule has 2 rings (SSSR count). The van der Waals surface area contributed by atoms with Crippen molar-refractivity contribution in [2.45, 2.75) is 6.18 Å². The lowest BCUT2D eigenvalue weighted by Crippen LogP contribution is -2.10. The largest absolute Gasteiger partial charge is 0.417 e. The summed E-state index contributed by atoms with van der Waals surface area (Å²) in [6.45, 7) is 0. The number of rotatable bonds is 3. The Labute approximate surface area is 118 Å². The summed E-state index contributed by atoms with van der Waals surface area (Å²) >= 11 is 1.06. The van der Waals surface area contributed by atoms with Crippen LogP contribution in [-0.2, 0) is 6.18 Å². The van der Waals surface area contributed by atoms with Crippen molar-refractivity contribution in [3.8, 4) is 11.1 Å². The Morgan fingerprint density at radius 3 is 2.19 bits per heavy atom. The molecule has 0 saturated heterocycles. The van der Waals surface area contributed by atoms with Crippen LogP contribution in [0.1, 0.15) is 5.56 Å². The summed E-state index contributed by atoms with van der Waals surface area (Å²) in [6.07, 6.45) is -4.95. The topological polar surface area (TPSA) is 86.3 Å². The zero-order valence-electron chi connectivity index (χ0n) is 9.96. The van der Waals surface area contributed by atoms with Crippen LogP contribution < -0.4 is 0 Å². The second kappa shape index (κ2) is 5.13. The maximum absolute atomic E-state index is 13.1. The predicted octanol–water partition coefficient (Wildman–Crippen LogP) is 4.25. The van der Waals surface area contributed by atoms with Crippen molar-refractivity contribution < 1.29 is 23.0 Å². The van der Waals surface area contributed by atoms with Crippen LogP contribution >= 0.6 is 11.3 Å². The second-order valence-corrected chi connectivity index (χ2v) is 4.69. The maximum Gasteiger partial charge on any atom is 0.417 e. The lowest BCUT2D eigenvalue weighted by Gasteiger charge is -2.12. The third-order valence-electron chi connectivity index (χ3n) is 2.63. The highest BCUT2D eigenvalue weighted by molar-refractivity contribution is 7.08. The van der Waals surface area contributed by atoms with Crippen molar-refractivity contribution in [2.24, 2.45) is 0 Å². The molecule has 0 aliphatic heterocycles. The third kappa shape index (κ3) is 2.84. The first-order valence-electron chi connectivity index (χ1n) is 5.28. The number of nitro benzene ring substituents is 2. The van der Waals surface area contributed by atoms with E-state index in [1.54, 1.807) is 0 Å². The minimum atomic E-state index is -4.95. The zero-order valence-corrected chi connectivity index (χ0v) is 10.8. The minimum absolute atomic E-state index is 0.00563. The Kier molecular flexibility index (Phi) is 3.64. The fourth-order valence-corrected chi connectivity index (χ4v) is 2.44. The fourth-order valence-electron chi connectivity index (χ4n) is 1.80. The number of hydrogen-bond donors (Lipinski definition) is 0. The molecule has 0 amide bonds. The highest BCUT2D eigenvalue weighted by atomic mass is 32.1. The summed E-state index contributed by atoms with van der Waals surface area (Å²) < 4.78 is 39.3. The number of nitrogens with zero attached hydrogens (tertiary/aromatic N) is 2. The van der Waals surface area contributed by atoms with Crippen LogP contribution in [0, 0.1) is 20.2 Å². The van der Waals surface area contributed by atoms with E-state index in [1.807, 2.05) is 0 Å². The number of non-ortho nitro benzene ring substituents is 1. The van der Waals surface area contributed by atoms with Gasteiger partial charge in [-0.25, -0.2) is 0 Å². The van der Waals surface area contributed by atoms with Crippen LogP contribution in [0.3, 0.4) is 0 Å². The molecule has 10 heteroatoms. The van der Waals surface area contributed by atoms with E-state index in [0.29, 0.717) is 12.1 Å².